The number of benzene rings is 2. The first kappa shape index (κ1) is 17.2. The fourth-order valence-corrected chi connectivity index (χ4v) is 2.44. The van der Waals surface area contributed by atoms with Crippen molar-refractivity contribution >= 4 is 23.2 Å². The van der Waals surface area contributed by atoms with E-state index in [0.29, 0.717) is 10.6 Å². The van der Waals surface area contributed by atoms with Crippen molar-refractivity contribution in [1.82, 2.24) is 5.43 Å². The number of amides is 1. The van der Waals surface area contributed by atoms with Gasteiger partial charge >= 0.3 is 0 Å². The molecule has 0 unspecified atom stereocenters. The number of hydrogen-bond donors (Lipinski definition) is 1. The van der Waals surface area contributed by atoms with Gasteiger partial charge in [-0.25, -0.2) is 5.43 Å². The third-order valence-electron chi connectivity index (χ3n) is 3.50. The zero-order chi connectivity index (χ0) is 16.5. The Hall–Kier alpha value is -2.13. The molecule has 0 aliphatic rings. The van der Waals surface area contributed by atoms with Crippen molar-refractivity contribution in [3.8, 4) is 0 Å². The molecule has 4 heteroatoms. The molecule has 0 saturated heterocycles. The van der Waals surface area contributed by atoms with Gasteiger partial charge in [0, 0.05) is 10.6 Å². The second-order valence-corrected chi connectivity index (χ2v) is 5.77. The summed E-state index contributed by atoms with van der Waals surface area (Å²) >= 11 is 5.92. The van der Waals surface area contributed by atoms with Crippen LogP contribution in [-0.2, 0) is 0 Å². The molecular formula is C19H21ClN2O. The first-order valence-corrected chi connectivity index (χ1v) is 8.26. The van der Waals surface area contributed by atoms with Crippen molar-refractivity contribution in [2.24, 2.45) is 5.10 Å². The van der Waals surface area contributed by atoms with E-state index in [1.807, 2.05) is 30.3 Å². The van der Waals surface area contributed by atoms with Crippen molar-refractivity contribution in [3.63, 3.8) is 0 Å². The van der Waals surface area contributed by atoms with Gasteiger partial charge in [0.1, 0.15) is 0 Å². The third kappa shape index (κ3) is 5.53. The van der Waals surface area contributed by atoms with Crippen LogP contribution in [0.4, 0.5) is 0 Å². The van der Waals surface area contributed by atoms with Crippen LogP contribution >= 0.6 is 11.6 Å². The first-order valence-electron chi connectivity index (χ1n) is 7.88. The zero-order valence-electron chi connectivity index (χ0n) is 13.3. The lowest BCUT2D eigenvalue weighted by Crippen LogP contribution is -2.20. The third-order valence-corrected chi connectivity index (χ3v) is 3.74. The second-order valence-electron chi connectivity index (χ2n) is 5.33. The maximum Gasteiger partial charge on any atom is 0.271 e. The minimum atomic E-state index is -0.253. The number of rotatable bonds is 7. The largest absolute Gasteiger partial charge is 0.271 e. The standard InChI is InChI=1S/C19H21ClN2O/c1-2-3-5-13-18(15-9-6-4-7-10-15)21-22-19(23)16-11-8-12-17(20)14-16/h4,6-12,14H,2-3,5,13H2,1H3,(H,22,23)/b21-18+. The number of carbonyl (C=O) groups excluding carboxylic acids is 1. The molecule has 0 heterocycles. The summed E-state index contributed by atoms with van der Waals surface area (Å²) < 4.78 is 0. The number of carbonyl (C=O) groups is 1. The quantitative estimate of drug-likeness (QED) is 0.431. The molecule has 2 aromatic carbocycles. The lowest BCUT2D eigenvalue weighted by Gasteiger charge is -2.07. The van der Waals surface area contributed by atoms with E-state index < -0.39 is 0 Å². The lowest BCUT2D eigenvalue weighted by molar-refractivity contribution is 0.0955. The van der Waals surface area contributed by atoms with Gasteiger partial charge in [0.15, 0.2) is 0 Å². The topological polar surface area (TPSA) is 41.5 Å². The summed E-state index contributed by atoms with van der Waals surface area (Å²) in [5, 5.41) is 4.88. The van der Waals surface area contributed by atoms with Crippen LogP contribution in [0.25, 0.3) is 0 Å². The number of nitrogens with zero attached hydrogens (tertiary/aromatic N) is 1. The molecule has 0 atom stereocenters. The normalized spacial score (nSPS) is 11.3. The average molecular weight is 329 g/mol. The van der Waals surface area contributed by atoms with Gasteiger partial charge in [-0.3, -0.25) is 4.79 Å². The van der Waals surface area contributed by atoms with Crippen molar-refractivity contribution in [2.75, 3.05) is 0 Å². The molecule has 3 nitrogen and oxygen atoms in total. The Morgan fingerprint density at radius 2 is 1.78 bits per heavy atom. The van der Waals surface area contributed by atoms with Crippen LogP contribution in [0.15, 0.2) is 59.7 Å². The summed E-state index contributed by atoms with van der Waals surface area (Å²) in [6.07, 6.45) is 4.19. The molecule has 23 heavy (non-hydrogen) atoms. The van der Waals surface area contributed by atoms with E-state index in [0.717, 1.165) is 37.0 Å². The van der Waals surface area contributed by atoms with E-state index in [1.54, 1.807) is 24.3 Å². The smallest absolute Gasteiger partial charge is 0.267 e. The second kappa shape index (κ2) is 9.11. The maximum atomic E-state index is 12.2. The molecule has 0 aliphatic heterocycles. The highest BCUT2D eigenvalue weighted by Crippen LogP contribution is 2.11. The van der Waals surface area contributed by atoms with Crippen molar-refractivity contribution in [3.05, 3.63) is 70.7 Å². The summed E-state index contributed by atoms with van der Waals surface area (Å²) in [5.74, 6) is -0.253. The van der Waals surface area contributed by atoms with Gasteiger partial charge in [0.05, 0.1) is 5.71 Å². The number of unbranched alkanes of at least 4 members (excludes halogenated alkanes) is 2. The van der Waals surface area contributed by atoms with E-state index in [1.165, 1.54) is 0 Å². The van der Waals surface area contributed by atoms with Gasteiger partial charge in [-0.15, -0.1) is 0 Å². The Bertz CT molecular complexity index is 668. The van der Waals surface area contributed by atoms with Gasteiger partial charge in [-0.2, -0.15) is 5.10 Å². The van der Waals surface area contributed by atoms with Crippen LogP contribution in [0.1, 0.15) is 48.5 Å². The Kier molecular flexibility index (Phi) is 6.82. The number of hydrazone groups is 1. The molecule has 0 aromatic heterocycles. The number of halogens is 1. The zero-order valence-corrected chi connectivity index (χ0v) is 14.0. The summed E-state index contributed by atoms with van der Waals surface area (Å²) in [6.45, 7) is 2.17. The number of nitrogens with one attached hydrogen (secondary N) is 1. The average Bonchev–Trinajstić information content (AvgIpc) is 2.58. The highest BCUT2D eigenvalue weighted by molar-refractivity contribution is 6.30. The number of hydrogen-bond acceptors (Lipinski definition) is 2. The predicted octanol–water partition coefficient (Wildman–Crippen LogP) is 5.05. The molecule has 0 spiro atoms. The van der Waals surface area contributed by atoms with E-state index in [4.69, 9.17) is 11.6 Å². The predicted molar refractivity (Wildman–Crippen MR) is 96.0 cm³/mol. The van der Waals surface area contributed by atoms with E-state index in [-0.39, 0.29) is 5.91 Å². The van der Waals surface area contributed by atoms with Crippen LogP contribution in [0.2, 0.25) is 5.02 Å². The highest BCUT2D eigenvalue weighted by Gasteiger charge is 2.07. The molecule has 0 radical (unpaired) electrons. The summed E-state index contributed by atoms with van der Waals surface area (Å²) in [4.78, 5) is 12.2. The Labute approximate surface area is 142 Å². The summed E-state index contributed by atoms with van der Waals surface area (Å²) in [6, 6.07) is 16.8. The maximum absolute atomic E-state index is 12.2. The fraction of sp³-hybridized carbons (Fsp3) is 0.263. The minimum Gasteiger partial charge on any atom is -0.267 e. The van der Waals surface area contributed by atoms with Gasteiger partial charge in [-0.05, 0) is 36.6 Å². The lowest BCUT2D eigenvalue weighted by atomic mass is 10.0. The van der Waals surface area contributed by atoms with Gasteiger partial charge in [0.25, 0.3) is 5.91 Å². The van der Waals surface area contributed by atoms with Gasteiger partial charge < -0.3 is 0 Å². The Balaban J connectivity index is 2.11. The molecule has 1 N–H and O–H groups in total. The molecule has 2 rings (SSSR count). The van der Waals surface area contributed by atoms with E-state index in [2.05, 4.69) is 17.5 Å². The molecular weight excluding hydrogens is 308 g/mol. The van der Waals surface area contributed by atoms with Crippen molar-refractivity contribution in [2.45, 2.75) is 32.6 Å². The molecule has 0 aliphatic carbocycles. The van der Waals surface area contributed by atoms with Crippen LogP contribution in [0.3, 0.4) is 0 Å². The molecule has 0 saturated carbocycles. The first-order chi connectivity index (χ1) is 11.2. The molecule has 2 aromatic rings. The summed E-state index contributed by atoms with van der Waals surface area (Å²) in [5.41, 5.74) is 5.08. The van der Waals surface area contributed by atoms with Gasteiger partial charge in [-0.1, -0.05) is 67.8 Å². The molecule has 1 amide bonds. The van der Waals surface area contributed by atoms with Crippen LogP contribution < -0.4 is 5.43 Å². The van der Waals surface area contributed by atoms with Gasteiger partial charge in [0.2, 0.25) is 0 Å². The van der Waals surface area contributed by atoms with E-state index in [9.17, 15) is 4.79 Å². The molecule has 120 valence electrons. The monoisotopic (exact) mass is 328 g/mol. The summed E-state index contributed by atoms with van der Waals surface area (Å²) in [7, 11) is 0. The highest BCUT2D eigenvalue weighted by atomic mass is 35.5. The van der Waals surface area contributed by atoms with Crippen molar-refractivity contribution < 1.29 is 4.79 Å². The SMILES string of the molecule is CCCCC/C(=N\NC(=O)c1cccc(Cl)c1)c1ccccc1. The van der Waals surface area contributed by atoms with E-state index >= 15 is 0 Å². The van der Waals surface area contributed by atoms with Crippen LogP contribution in [-0.4, -0.2) is 11.6 Å². The molecule has 0 bridgehead atoms. The Morgan fingerprint density at radius 1 is 1.04 bits per heavy atom. The Morgan fingerprint density at radius 3 is 2.48 bits per heavy atom. The fourth-order valence-electron chi connectivity index (χ4n) is 2.25. The van der Waals surface area contributed by atoms with Crippen LogP contribution in [0, 0.1) is 0 Å². The molecule has 0 fully saturated rings. The van der Waals surface area contributed by atoms with Crippen LogP contribution in [0.5, 0.6) is 0 Å². The van der Waals surface area contributed by atoms with Crippen molar-refractivity contribution in [1.29, 1.82) is 0 Å². The minimum absolute atomic E-state index is 0.253.